The summed E-state index contributed by atoms with van der Waals surface area (Å²) in [6, 6.07) is 18.0. The summed E-state index contributed by atoms with van der Waals surface area (Å²) in [4.78, 5) is 4.36. The summed E-state index contributed by atoms with van der Waals surface area (Å²) in [5.74, 6) is 0. The Hall–Kier alpha value is -2.39. The largest absolute Gasteiger partial charge is 0.392 e. The predicted molar refractivity (Wildman–Crippen MR) is 81.4 cm³/mol. The summed E-state index contributed by atoms with van der Waals surface area (Å²) >= 11 is 0. The van der Waals surface area contributed by atoms with E-state index in [0.29, 0.717) is 0 Å². The number of nitrogens with zero attached hydrogens (tertiary/aromatic N) is 1. The molecule has 0 amide bonds. The van der Waals surface area contributed by atoms with Crippen molar-refractivity contribution in [1.29, 1.82) is 0 Å². The second-order valence-corrected chi connectivity index (χ2v) is 4.70. The van der Waals surface area contributed by atoms with Crippen LogP contribution in [0.4, 0.5) is 5.69 Å². The molecule has 2 N–H and O–H groups in total. The van der Waals surface area contributed by atoms with Crippen LogP contribution < -0.4 is 5.32 Å². The molecule has 0 atom stereocenters. The van der Waals surface area contributed by atoms with E-state index >= 15 is 0 Å². The molecule has 0 radical (unpaired) electrons. The average molecular weight is 264 g/mol. The summed E-state index contributed by atoms with van der Waals surface area (Å²) in [5.41, 5.74) is 4.15. The van der Waals surface area contributed by atoms with Crippen LogP contribution in [0.2, 0.25) is 0 Å². The van der Waals surface area contributed by atoms with Crippen LogP contribution in [0.1, 0.15) is 11.1 Å². The van der Waals surface area contributed by atoms with Crippen LogP contribution in [-0.2, 0) is 13.2 Å². The van der Waals surface area contributed by atoms with Gasteiger partial charge in [-0.2, -0.15) is 0 Å². The quantitative estimate of drug-likeness (QED) is 0.759. The Kier molecular flexibility index (Phi) is 3.61. The first-order chi connectivity index (χ1) is 9.86. The molecule has 2 aromatic carbocycles. The van der Waals surface area contributed by atoms with Gasteiger partial charge in [-0.3, -0.25) is 4.98 Å². The maximum absolute atomic E-state index is 9.15. The highest BCUT2D eigenvalue weighted by atomic mass is 16.3. The van der Waals surface area contributed by atoms with Crippen LogP contribution in [0, 0.1) is 0 Å². The van der Waals surface area contributed by atoms with Crippen molar-refractivity contribution in [1.82, 2.24) is 4.98 Å². The first-order valence-electron chi connectivity index (χ1n) is 6.63. The van der Waals surface area contributed by atoms with Crippen LogP contribution in [0.5, 0.6) is 0 Å². The molecule has 1 heterocycles. The molecule has 20 heavy (non-hydrogen) atoms. The fourth-order valence-corrected chi connectivity index (χ4v) is 2.29. The molecule has 1 aromatic heterocycles. The van der Waals surface area contributed by atoms with Crippen LogP contribution in [0.15, 0.2) is 60.8 Å². The number of benzene rings is 2. The molecule has 0 unspecified atom stereocenters. The second-order valence-electron chi connectivity index (χ2n) is 4.70. The molecule has 0 aliphatic carbocycles. The molecule has 0 bridgehead atoms. The summed E-state index contributed by atoms with van der Waals surface area (Å²) in [6.07, 6.45) is 1.84. The first kappa shape index (κ1) is 12.6. The minimum absolute atomic E-state index is 0.0632. The van der Waals surface area contributed by atoms with Crippen molar-refractivity contribution >= 4 is 16.6 Å². The van der Waals surface area contributed by atoms with Crippen LogP contribution in [0.3, 0.4) is 0 Å². The number of anilines is 1. The molecule has 0 spiro atoms. The summed E-state index contributed by atoms with van der Waals surface area (Å²) < 4.78 is 0. The number of hydrogen-bond donors (Lipinski definition) is 2. The standard InChI is InChI=1S/C17H16N2O/c20-12-13-4-3-5-15(10-13)19-11-14-8-9-18-17-7-2-1-6-16(14)17/h1-10,19-20H,11-12H2. The maximum Gasteiger partial charge on any atom is 0.0705 e. The monoisotopic (exact) mass is 264 g/mol. The Bertz CT molecular complexity index is 720. The smallest absolute Gasteiger partial charge is 0.0705 e. The number of pyridine rings is 1. The van der Waals surface area contributed by atoms with E-state index in [2.05, 4.69) is 16.4 Å². The molecule has 0 saturated carbocycles. The minimum atomic E-state index is 0.0632. The van der Waals surface area contributed by atoms with Gasteiger partial charge in [-0.25, -0.2) is 0 Å². The molecule has 3 rings (SSSR count). The highest BCUT2D eigenvalue weighted by Gasteiger charge is 2.01. The van der Waals surface area contributed by atoms with Gasteiger partial charge in [0.05, 0.1) is 12.1 Å². The van der Waals surface area contributed by atoms with Gasteiger partial charge in [0.15, 0.2) is 0 Å². The third kappa shape index (κ3) is 2.63. The molecular weight excluding hydrogens is 248 g/mol. The van der Waals surface area contributed by atoms with E-state index in [1.54, 1.807) is 0 Å². The molecule has 0 aliphatic heterocycles. The first-order valence-corrected chi connectivity index (χ1v) is 6.63. The number of hydrogen-bond acceptors (Lipinski definition) is 3. The highest BCUT2D eigenvalue weighted by molar-refractivity contribution is 5.82. The predicted octanol–water partition coefficient (Wildman–Crippen LogP) is 3.34. The lowest BCUT2D eigenvalue weighted by Crippen LogP contribution is -2.01. The number of fused-ring (bicyclic) bond motifs is 1. The highest BCUT2D eigenvalue weighted by Crippen LogP contribution is 2.18. The van der Waals surface area contributed by atoms with E-state index in [9.17, 15) is 0 Å². The van der Waals surface area contributed by atoms with E-state index in [1.165, 1.54) is 10.9 Å². The second kappa shape index (κ2) is 5.72. The van der Waals surface area contributed by atoms with Crippen molar-refractivity contribution in [2.24, 2.45) is 0 Å². The Morgan fingerprint density at radius 1 is 1.00 bits per heavy atom. The lowest BCUT2D eigenvalue weighted by atomic mass is 10.1. The third-order valence-corrected chi connectivity index (χ3v) is 3.33. The van der Waals surface area contributed by atoms with E-state index < -0.39 is 0 Å². The van der Waals surface area contributed by atoms with Gasteiger partial charge in [-0.15, -0.1) is 0 Å². The van der Waals surface area contributed by atoms with Crippen molar-refractivity contribution in [2.45, 2.75) is 13.2 Å². The van der Waals surface area contributed by atoms with Crippen molar-refractivity contribution < 1.29 is 5.11 Å². The molecule has 0 fully saturated rings. The van der Waals surface area contributed by atoms with Gasteiger partial charge in [-0.05, 0) is 35.4 Å². The van der Waals surface area contributed by atoms with Gasteiger partial charge in [0.1, 0.15) is 0 Å². The number of nitrogens with one attached hydrogen (secondary N) is 1. The zero-order chi connectivity index (χ0) is 13.8. The summed E-state index contributed by atoms with van der Waals surface area (Å²) in [7, 11) is 0. The summed E-state index contributed by atoms with van der Waals surface area (Å²) in [5, 5.41) is 13.7. The topological polar surface area (TPSA) is 45.1 Å². The Morgan fingerprint density at radius 2 is 1.90 bits per heavy atom. The minimum Gasteiger partial charge on any atom is -0.392 e. The number of para-hydroxylation sites is 1. The lowest BCUT2D eigenvalue weighted by Gasteiger charge is -2.09. The fraction of sp³-hybridized carbons (Fsp3) is 0.118. The van der Waals surface area contributed by atoms with Crippen LogP contribution in [0.25, 0.3) is 10.9 Å². The average Bonchev–Trinajstić information content (AvgIpc) is 2.53. The molecule has 3 heteroatoms. The number of rotatable bonds is 4. The maximum atomic E-state index is 9.15. The Labute approximate surface area is 117 Å². The van der Waals surface area contributed by atoms with Crippen molar-refractivity contribution in [3.8, 4) is 0 Å². The van der Waals surface area contributed by atoms with Gasteiger partial charge >= 0.3 is 0 Å². The molecule has 100 valence electrons. The van der Waals surface area contributed by atoms with Gasteiger partial charge in [-0.1, -0.05) is 30.3 Å². The number of aromatic nitrogens is 1. The van der Waals surface area contributed by atoms with Gasteiger partial charge in [0.25, 0.3) is 0 Å². The van der Waals surface area contributed by atoms with Crippen molar-refractivity contribution in [2.75, 3.05) is 5.32 Å². The van der Waals surface area contributed by atoms with Gasteiger partial charge in [0, 0.05) is 23.8 Å². The normalized spacial score (nSPS) is 10.7. The van der Waals surface area contributed by atoms with E-state index in [1.807, 2.05) is 54.7 Å². The SMILES string of the molecule is OCc1cccc(NCc2ccnc3ccccc23)c1. The van der Waals surface area contributed by atoms with E-state index in [0.717, 1.165) is 23.3 Å². The van der Waals surface area contributed by atoms with Crippen molar-refractivity contribution in [3.05, 3.63) is 71.9 Å². The van der Waals surface area contributed by atoms with Gasteiger partial charge in [0.2, 0.25) is 0 Å². The Balaban J connectivity index is 1.83. The molecule has 3 aromatic rings. The van der Waals surface area contributed by atoms with E-state index in [4.69, 9.17) is 5.11 Å². The van der Waals surface area contributed by atoms with E-state index in [-0.39, 0.29) is 6.61 Å². The molecule has 0 aliphatic rings. The zero-order valence-corrected chi connectivity index (χ0v) is 11.1. The molecular formula is C17H16N2O. The van der Waals surface area contributed by atoms with Gasteiger partial charge < -0.3 is 10.4 Å². The van der Waals surface area contributed by atoms with Crippen molar-refractivity contribution in [3.63, 3.8) is 0 Å². The molecule has 3 nitrogen and oxygen atoms in total. The fourth-order valence-electron chi connectivity index (χ4n) is 2.29. The third-order valence-electron chi connectivity index (χ3n) is 3.33. The Morgan fingerprint density at radius 3 is 2.80 bits per heavy atom. The number of aliphatic hydroxyl groups excluding tert-OH is 1. The number of aliphatic hydroxyl groups is 1. The summed E-state index contributed by atoms with van der Waals surface area (Å²) in [6.45, 7) is 0.797. The lowest BCUT2D eigenvalue weighted by molar-refractivity contribution is 0.282. The molecule has 0 saturated heterocycles. The van der Waals surface area contributed by atoms with Crippen LogP contribution in [-0.4, -0.2) is 10.1 Å². The zero-order valence-electron chi connectivity index (χ0n) is 11.1. The van der Waals surface area contributed by atoms with Crippen LogP contribution >= 0.6 is 0 Å².